The third kappa shape index (κ3) is 4.04. The minimum atomic E-state index is -0.356. The molecule has 0 spiro atoms. The molecule has 0 heterocycles. The molecule has 2 rings (SSSR count). The largest absolute Gasteiger partial charge is 0.493 e. The number of benzene rings is 2. The number of methoxy groups -OCH3 is 2. The van der Waals surface area contributed by atoms with Crippen molar-refractivity contribution in [2.45, 2.75) is 0 Å². The van der Waals surface area contributed by atoms with Crippen molar-refractivity contribution < 1.29 is 19.1 Å². The summed E-state index contributed by atoms with van der Waals surface area (Å²) in [5.74, 6) is 0.424. The summed E-state index contributed by atoms with van der Waals surface area (Å²) in [5, 5.41) is 2.61. The Morgan fingerprint density at radius 1 is 1.00 bits per heavy atom. The van der Waals surface area contributed by atoms with Crippen molar-refractivity contribution in [3.8, 4) is 11.5 Å². The van der Waals surface area contributed by atoms with Gasteiger partial charge in [0.1, 0.15) is 0 Å². The van der Waals surface area contributed by atoms with Gasteiger partial charge in [0.15, 0.2) is 11.5 Å². The molecule has 126 valence electrons. The summed E-state index contributed by atoms with van der Waals surface area (Å²) < 4.78 is 10.3. The standard InChI is InChI=1S/C18H20N2O4/c1-20(14-7-5-4-6-8-14)17(21)12-19-18(22)13-9-10-15(23-2)16(11-13)24-3/h4-11H,12H2,1-3H3,(H,19,22). The van der Waals surface area contributed by atoms with Gasteiger partial charge in [-0.25, -0.2) is 0 Å². The number of amides is 2. The molecule has 0 aliphatic heterocycles. The first-order chi connectivity index (χ1) is 11.6. The lowest BCUT2D eigenvalue weighted by Crippen LogP contribution is -2.38. The molecule has 0 bridgehead atoms. The molecule has 0 unspecified atom stereocenters. The monoisotopic (exact) mass is 328 g/mol. The molecular weight excluding hydrogens is 308 g/mol. The van der Waals surface area contributed by atoms with Crippen molar-refractivity contribution in [2.24, 2.45) is 0 Å². The molecule has 2 aromatic rings. The molecule has 0 atom stereocenters. The fourth-order valence-corrected chi connectivity index (χ4v) is 2.15. The van der Waals surface area contributed by atoms with Crippen molar-refractivity contribution in [3.63, 3.8) is 0 Å². The van der Waals surface area contributed by atoms with Gasteiger partial charge in [0.25, 0.3) is 5.91 Å². The predicted octanol–water partition coefficient (Wildman–Crippen LogP) is 2.10. The maximum Gasteiger partial charge on any atom is 0.251 e. The summed E-state index contributed by atoms with van der Waals surface area (Å²) in [6, 6.07) is 14.1. The molecule has 1 N–H and O–H groups in total. The summed E-state index contributed by atoms with van der Waals surface area (Å²) in [4.78, 5) is 25.9. The van der Waals surface area contributed by atoms with Crippen molar-refractivity contribution in [1.82, 2.24) is 5.32 Å². The molecule has 0 saturated heterocycles. The molecule has 6 heteroatoms. The second-order valence-corrected chi connectivity index (χ2v) is 5.04. The molecule has 2 amide bonds. The number of hydrogen-bond acceptors (Lipinski definition) is 4. The van der Waals surface area contributed by atoms with Gasteiger partial charge in [-0.3, -0.25) is 9.59 Å². The van der Waals surface area contributed by atoms with Crippen molar-refractivity contribution >= 4 is 17.5 Å². The van der Waals surface area contributed by atoms with E-state index in [1.807, 2.05) is 30.3 Å². The molecule has 0 aliphatic rings. The number of ether oxygens (including phenoxy) is 2. The van der Waals surface area contributed by atoms with E-state index in [1.165, 1.54) is 19.1 Å². The third-order valence-corrected chi connectivity index (χ3v) is 3.56. The van der Waals surface area contributed by atoms with E-state index in [0.717, 1.165) is 5.69 Å². The van der Waals surface area contributed by atoms with Crippen LogP contribution >= 0.6 is 0 Å². The van der Waals surface area contributed by atoms with Gasteiger partial charge in [-0.2, -0.15) is 0 Å². The number of hydrogen-bond donors (Lipinski definition) is 1. The van der Waals surface area contributed by atoms with Gasteiger partial charge < -0.3 is 19.7 Å². The lowest BCUT2D eigenvalue weighted by atomic mass is 10.2. The predicted molar refractivity (Wildman–Crippen MR) is 91.7 cm³/mol. The molecule has 24 heavy (non-hydrogen) atoms. The Hall–Kier alpha value is -3.02. The zero-order chi connectivity index (χ0) is 17.5. The minimum Gasteiger partial charge on any atom is -0.493 e. The Balaban J connectivity index is 1.99. The molecule has 0 radical (unpaired) electrons. The fraction of sp³-hybridized carbons (Fsp3) is 0.222. The van der Waals surface area contributed by atoms with Crippen LogP contribution in [0.4, 0.5) is 5.69 Å². The second kappa shape index (κ2) is 8.01. The van der Waals surface area contributed by atoms with E-state index in [0.29, 0.717) is 17.1 Å². The normalized spacial score (nSPS) is 9.96. The van der Waals surface area contributed by atoms with Gasteiger partial charge in [0.05, 0.1) is 20.8 Å². The topological polar surface area (TPSA) is 67.9 Å². The number of para-hydroxylation sites is 1. The van der Waals surface area contributed by atoms with Gasteiger partial charge in [-0.15, -0.1) is 0 Å². The van der Waals surface area contributed by atoms with Crippen LogP contribution in [0.1, 0.15) is 10.4 Å². The van der Waals surface area contributed by atoms with E-state index >= 15 is 0 Å². The second-order valence-electron chi connectivity index (χ2n) is 5.04. The molecule has 6 nitrogen and oxygen atoms in total. The quantitative estimate of drug-likeness (QED) is 0.882. The average Bonchev–Trinajstić information content (AvgIpc) is 2.65. The highest BCUT2D eigenvalue weighted by Gasteiger charge is 2.14. The van der Waals surface area contributed by atoms with Crippen LogP contribution in [0.2, 0.25) is 0 Å². The number of nitrogens with one attached hydrogen (secondary N) is 1. The van der Waals surface area contributed by atoms with E-state index in [9.17, 15) is 9.59 Å². The first-order valence-electron chi connectivity index (χ1n) is 7.38. The molecule has 0 saturated carbocycles. The van der Waals surface area contributed by atoms with E-state index in [2.05, 4.69) is 5.32 Å². The van der Waals surface area contributed by atoms with Gasteiger partial charge in [0.2, 0.25) is 5.91 Å². The summed E-state index contributed by atoms with van der Waals surface area (Å²) in [6.07, 6.45) is 0. The van der Waals surface area contributed by atoms with Crippen molar-refractivity contribution in [1.29, 1.82) is 0 Å². The lowest BCUT2D eigenvalue weighted by Gasteiger charge is -2.17. The number of rotatable bonds is 6. The zero-order valence-electron chi connectivity index (χ0n) is 13.9. The first-order valence-corrected chi connectivity index (χ1v) is 7.38. The van der Waals surface area contributed by atoms with Crippen LogP contribution in [0.25, 0.3) is 0 Å². The van der Waals surface area contributed by atoms with E-state index in [4.69, 9.17) is 9.47 Å². The Labute approximate surface area is 141 Å². The van der Waals surface area contributed by atoms with E-state index < -0.39 is 0 Å². The van der Waals surface area contributed by atoms with Gasteiger partial charge in [0, 0.05) is 18.3 Å². The first kappa shape index (κ1) is 17.3. The van der Waals surface area contributed by atoms with Crippen LogP contribution in [0, 0.1) is 0 Å². The van der Waals surface area contributed by atoms with Crippen LogP contribution in [-0.4, -0.2) is 39.6 Å². The van der Waals surface area contributed by atoms with Gasteiger partial charge >= 0.3 is 0 Å². The smallest absolute Gasteiger partial charge is 0.251 e. The average molecular weight is 328 g/mol. The van der Waals surface area contributed by atoms with Crippen LogP contribution in [0.5, 0.6) is 11.5 Å². The maximum atomic E-state index is 12.2. The summed E-state index contributed by atoms with van der Waals surface area (Å²) in [6.45, 7) is -0.0986. The van der Waals surface area contributed by atoms with E-state index in [-0.39, 0.29) is 18.4 Å². The summed E-state index contributed by atoms with van der Waals surface area (Å²) >= 11 is 0. The summed E-state index contributed by atoms with van der Waals surface area (Å²) in [7, 11) is 4.69. The van der Waals surface area contributed by atoms with Crippen LogP contribution in [-0.2, 0) is 4.79 Å². The van der Waals surface area contributed by atoms with Gasteiger partial charge in [-0.1, -0.05) is 18.2 Å². The molecular formula is C18H20N2O4. The minimum absolute atomic E-state index is 0.0986. The molecule has 0 aliphatic carbocycles. The molecule has 0 fully saturated rings. The Morgan fingerprint density at radius 3 is 2.29 bits per heavy atom. The number of carbonyl (C=O) groups excluding carboxylic acids is 2. The maximum absolute atomic E-state index is 12.2. The number of carbonyl (C=O) groups is 2. The highest BCUT2D eigenvalue weighted by Crippen LogP contribution is 2.27. The van der Waals surface area contributed by atoms with Crippen molar-refractivity contribution in [2.75, 3.05) is 32.7 Å². The Kier molecular flexibility index (Phi) is 5.78. The zero-order valence-corrected chi connectivity index (χ0v) is 13.9. The Morgan fingerprint density at radius 2 is 1.67 bits per heavy atom. The Bertz CT molecular complexity index is 716. The SMILES string of the molecule is COc1ccc(C(=O)NCC(=O)N(C)c2ccccc2)cc1OC. The molecule has 0 aromatic heterocycles. The molecule has 2 aromatic carbocycles. The fourth-order valence-electron chi connectivity index (χ4n) is 2.15. The van der Waals surface area contributed by atoms with Crippen LogP contribution < -0.4 is 19.7 Å². The van der Waals surface area contributed by atoms with Crippen LogP contribution in [0.15, 0.2) is 48.5 Å². The van der Waals surface area contributed by atoms with Gasteiger partial charge in [-0.05, 0) is 30.3 Å². The highest BCUT2D eigenvalue weighted by atomic mass is 16.5. The number of anilines is 1. The van der Waals surface area contributed by atoms with E-state index in [1.54, 1.807) is 25.2 Å². The number of likely N-dealkylation sites (N-methyl/N-ethyl adjacent to an activating group) is 1. The highest BCUT2D eigenvalue weighted by molar-refractivity contribution is 6.00. The third-order valence-electron chi connectivity index (χ3n) is 3.56. The number of nitrogens with zero attached hydrogens (tertiary/aromatic N) is 1. The van der Waals surface area contributed by atoms with Crippen molar-refractivity contribution in [3.05, 3.63) is 54.1 Å². The lowest BCUT2D eigenvalue weighted by molar-refractivity contribution is -0.117. The summed E-state index contributed by atoms with van der Waals surface area (Å²) in [5.41, 5.74) is 1.16. The van der Waals surface area contributed by atoms with Crippen LogP contribution in [0.3, 0.4) is 0 Å².